The van der Waals surface area contributed by atoms with Crippen LogP contribution in [0.5, 0.6) is 11.5 Å². The lowest BCUT2D eigenvalue weighted by atomic mass is 9.95. The Bertz CT molecular complexity index is 774. The van der Waals surface area contributed by atoms with Crippen LogP contribution < -0.4 is 14.8 Å². The fourth-order valence-corrected chi connectivity index (χ4v) is 4.36. The number of methoxy groups -OCH3 is 2. The summed E-state index contributed by atoms with van der Waals surface area (Å²) in [6, 6.07) is 5.93. The molecule has 0 radical (unpaired) electrons. The Morgan fingerprint density at radius 1 is 1.09 bits per heavy atom. The van der Waals surface area contributed by atoms with Crippen molar-refractivity contribution >= 4 is 11.9 Å². The summed E-state index contributed by atoms with van der Waals surface area (Å²) in [5.74, 6) is 1.34. The molecule has 1 atom stereocenters. The van der Waals surface area contributed by atoms with Crippen LogP contribution in [-0.4, -0.2) is 101 Å². The van der Waals surface area contributed by atoms with E-state index in [1.807, 2.05) is 23.1 Å². The van der Waals surface area contributed by atoms with Gasteiger partial charge in [-0.25, -0.2) is 4.79 Å². The lowest BCUT2D eigenvalue weighted by Crippen LogP contribution is -2.48. The van der Waals surface area contributed by atoms with E-state index in [4.69, 9.17) is 14.2 Å². The molecule has 2 aliphatic rings. The number of likely N-dealkylation sites (tertiary alicyclic amines) is 1. The Morgan fingerprint density at radius 2 is 1.75 bits per heavy atom. The maximum absolute atomic E-state index is 12.9. The van der Waals surface area contributed by atoms with Crippen molar-refractivity contribution in [1.29, 1.82) is 0 Å². The van der Waals surface area contributed by atoms with Gasteiger partial charge >= 0.3 is 6.03 Å². The van der Waals surface area contributed by atoms with E-state index in [1.54, 1.807) is 33.2 Å². The van der Waals surface area contributed by atoms with Crippen LogP contribution in [0.1, 0.15) is 24.4 Å². The molecule has 2 saturated heterocycles. The van der Waals surface area contributed by atoms with Crippen molar-refractivity contribution in [2.75, 3.05) is 74.3 Å². The monoisotopic (exact) mass is 448 g/mol. The van der Waals surface area contributed by atoms with Gasteiger partial charge in [-0.1, -0.05) is 6.07 Å². The van der Waals surface area contributed by atoms with E-state index < -0.39 is 0 Å². The van der Waals surface area contributed by atoms with Crippen molar-refractivity contribution < 1.29 is 23.8 Å². The van der Waals surface area contributed by atoms with Crippen LogP contribution in [0.4, 0.5) is 4.79 Å². The first-order valence-corrected chi connectivity index (χ1v) is 11.2. The third kappa shape index (κ3) is 5.83. The third-order valence-electron chi connectivity index (χ3n) is 6.27. The zero-order valence-electron chi connectivity index (χ0n) is 19.6. The molecule has 1 aromatic carbocycles. The number of carbonyl (C=O) groups is 2. The molecule has 0 bridgehead atoms. The number of ether oxygens (including phenoxy) is 3. The van der Waals surface area contributed by atoms with Crippen molar-refractivity contribution in [3.8, 4) is 11.5 Å². The van der Waals surface area contributed by atoms with E-state index in [2.05, 4.69) is 10.2 Å². The minimum atomic E-state index is -0.0723. The van der Waals surface area contributed by atoms with Gasteiger partial charge in [0.1, 0.15) is 0 Å². The number of carbonyl (C=O) groups excluding carboxylic acids is 2. The zero-order valence-corrected chi connectivity index (χ0v) is 19.6. The van der Waals surface area contributed by atoms with Crippen molar-refractivity contribution in [2.45, 2.75) is 18.9 Å². The lowest BCUT2D eigenvalue weighted by molar-refractivity contribution is -0.126. The normalized spacial score (nSPS) is 18.7. The van der Waals surface area contributed by atoms with Gasteiger partial charge in [-0.05, 0) is 30.5 Å². The Hall–Kier alpha value is -2.52. The number of benzene rings is 1. The number of rotatable bonds is 7. The van der Waals surface area contributed by atoms with E-state index in [0.717, 1.165) is 18.7 Å². The van der Waals surface area contributed by atoms with Crippen molar-refractivity contribution in [1.82, 2.24) is 20.0 Å². The van der Waals surface area contributed by atoms with Gasteiger partial charge in [-0.3, -0.25) is 9.69 Å². The van der Waals surface area contributed by atoms with E-state index in [9.17, 15) is 9.59 Å². The fourth-order valence-electron chi connectivity index (χ4n) is 4.36. The van der Waals surface area contributed by atoms with Crippen molar-refractivity contribution in [2.24, 2.45) is 5.92 Å². The molecule has 9 heteroatoms. The van der Waals surface area contributed by atoms with Crippen LogP contribution >= 0.6 is 0 Å². The summed E-state index contributed by atoms with van der Waals surface area (Å²) in [6.45, 7) is 4.69. The van der Waals surface area contributed by atoms with Gasteiger partial charge in [0, 0.05) is 52.7 Å². The average molecular weight is 449 g/mol. The van der Waals surface area contributed by atoms with Gasteiger partial charge in [0.25, 0.3) is 0 Å². The first-order valence-electron chi connectivity index (χ1n) is 11.2. The van der Waals surface area contributed by atoms with Gasteiger partial charge in [0.05, 0.1) is 33.5 Å². The number of amides is 3. The number of nitrogens with one attached hydrogen (secondary N) is 1. The van der Waals surface area contributed by atoms with Gasteiger partial charge in [-0.2, -0.15) is 0 Å². The molecular weight excluding hydrogens is 412 g/mol. The molecule has 1 aromatic rings. The summed E-state index contributed by atoms with van der Waals surface area (Å²) >= 11 is 0. The number of piperidine rings is 1. The highest BCUT2D eigenvalue weighted by molar-refractivity contribution is 5.79. The highest BCUT2D eigenvalue weighted by atomic mass is 16.5. The van der Waals surface area contributed by atoms with Gasteiger partial charge in [-0.15, -0.1) is 0 Å². The summed E-state index contributed by atoms with van der Waals surface area (Å²) < 4.78 is 16.4. The Labute approximate surface area is 190 Å². The molecular formula is C23H36N4O5. The number of hydrogen-bond acceptors (Lipinski definition) is 6. The number of morpholine rings is 1. The van der Waals surface area contributed by atoms with Crippen molar-refractivity contribution in [3.05, 3.63) is 23.8 Å². The molecule has 32 heavy (non-hydrogen) atoms. The molecule has 178 valence electrons. The maximum Gasteiger partial charge on any atom is 0.319 e. The third-order valence-corrected chi connectivity index (χ3v) is 6.27. The molecule has 0 aliphatic carbocycles. The molecule has 9 nitrogen and oxygen atoms in total. The highest BCUT2D eigenvalue weighted by Crippen LogP contribution is 2.32. The van der Waals surface area contributed by atoms with E-state index in [0.29, 0.717) is 57.2 Å². The average Bonchev–Trinajstić information content (AvgIpc) is 2.84. The number of hydrogen-bond donors (Lipinski definition) is 1. The van der Waals surface area contributed by atoms with Crippen molar-refractivity contribution in [3.63, 3.8) is 0 Å². The molecule has 1 unspecified atom stereocenters. The number of nitrogens with zero attached hydrogens (tertiary/aromatic N) is 3. The quantitative estimate of drug-likeness (QED) is 0.682. The van der Waals surface area contributed by atoms with E-state index in [-0.39, 0.29) is 23.9 Å². The van der Waals surface area contributed by atoms with Gasteiger partial charge < -0.3 is 29.3 Å². The van der Waals surface area contributed by atoms with E-state index >= 15 is 0 Å². The Kier molecular flexibility index (Phi) is 8.58. The standard InChI is InChI=1S/C23H36N4O5/c1-25(2)23(29)27-9-7-17(8-10-27)22(28)24-16-19(26-11-13-32-14-12-26)18-5-6-20(30-3)21(15-18)31-4/h5-6,15,17,19H,7-14,16H2,1-4H3,(H,24,28). The van der Waals surface area contributed by atoms with Crippen LogP contribution in [0.2, 0.25) is 0 Å². The number of urea groups is 1. The van der Waals surface area contributed by atoms with Gasteiger partial charge in [0.2, 0.25) is 5.91 Å². The van der Waals surface area contributed by atoms with E-state index in [1.165, 1.54) is 0 Å². The second-order valence-electron chi connectivity index (χ2n) is 8.46. The van der Waals surface area contributed by atoms with Crippen LogP contribution in [0.15, 0.2) is 18.2 Å². The second kappa shape index (κ2) is 11.4. The topological polar surface area (TPSA) is 83.6 Å². The molecule has 2 heterocycles. The van der Waals surface area contributed by atoms with Crippen LogP contribution in [0.25, 0.3) is 0 Å². The molecule has 2 aliphatic heterocycles. The van der Waals surface area contributed by atoms with Crippen LogP contribution in [0.3, 0.4) is 0 Å². The summed E-state index contributed by atoms with van der Waals surface area (Å²) in [6.07, 6.45) is 1.37. The van der Waals surface area contributed by atoms with Gasteiger partial charge in [0.15, 0.2) is 11.5 Å². The predicted octanol–water partition coefficient (Wildman–Crippen LogP) is 1.59. The summed E-state index contributed by atoms with van der Waals surface area (Å²) in [4.78, 5) is 30.8. The Balaban J connectivity index is 1.64. The summed E-state index contributed by atoms with van der Waals surface area (Å²) in [5.41, 5.74) is 1.07. The fraction of sp³-hybridized carbons (Fsp3) is 0.652. The lowest BCUT2D eigenvalue weighted by Gasteiger charge is -2.36. The minimum absolute atomic E-state index is 0.00435. The largest absolute Gasteiger partial charge is 0.493 e. The molecule has 0 spiro atoms. The smallest absolute Gasteiger partial charge is 0.319 e. The second-order valence-corrected chi connectivity index (χ2v) is 8.46. The molecule has 0 saturated carbocycles. The first kappa shape index (κ1) is 24.1. The summed E-state index contributed by atoms with van der Waals surface area (Å²) in [5, 5.41) is 3.17. The minimum Gasteiger partial charge on any atom is -0.493 e. The molecule has 3 rings (SSSR count). The molecule has 0 aromatic heterocycles. The Morgan fingerprint density at radius 3 is 2.34 bits per heavy atom. The summed E-state index contributed by atoms with van der Waals surface area (Å²) in [7, 11) is 6.75. The SMILES string of the molecule is COc1ccc(C(CNC(=O)C2CCN(C(=O)N(C)C)CC2)N2CCOCC2)cc1OC. The molecule has 1 N–H and O–H groups in total. The highest BCUT2D eigenvalue weighted by Gasteiger charge is 2.30. The first-order chi connectivity index (χ1) is 15.4. The predicted molar refractivity (Wildman–Crippen MR) is 121 cm³/mol. The maximum atomic E-state index is 12.9. The zero-order chi connectivity index (χ0) is 23.1. The van der Waals surface area contributed by atoms with Crippen LogP contribution in [-0.2, 0) is 9.53 Å². The molecule has 3 amide bonds. The van der Waals surface area contributed by atoms with Crippen LogP contribution in [0, 0.1) is 5.92 Å². The molecule has 2 fully saturated rings.